The summed E-state index contributed by atoms with van der Waals surface area (Å²) >= 11 is 0. The Bertz CT molecular complexity index is 471. The van der Waals surface area contributed by atoms with Crippen molar-refractivity contribution in [1.82, 2.24) is 4.98 Å². The van der Waals surface area contributed by atoms with E-state index < -0.39 is 9.05 Å². The summed E-state index contributed by atoms with van der Waals surface area (Å²) in [5, 5.41) is 0. The third-order valence-corrected chi connectivity index (χ3v) is 3.72. The average Bonchev–Trinajstić information content (AvgIpc) is 2.29. The van der Waals surface area contributed by atoms with Crippen molar-refractivity contribution in [3.63, 3.8) is 0 Å². The fourth-order valence-corrected chi connectivity index (χ4v) is 2.62. The van der Waals surface area contributed by atoms with Gasteiger partial charge in [-0.15, -0.1) is 0 Å². The zero-order valence-corrected chi connectivity index (χ0v) is 10.0. The molecule has 1 saturated heterocycles. The molecule has 1 aromatic heterocycles. The van der Waals surface area contributed by atoms with Gasteiger partial charge in [-0.1, -0.05) is 0 Å². The van der Waals surface area contributed by atoms with Crippen molar-refractivity contribution in [2.45, 2.75) is 4.90 Å². The van der Waals surface area contributed by atoms with Crippen molar-refractivity contribution in [3.05, 3.63) is 18.5 Å². The molecule has 0 saturated carbocycles. The lowest BCUT2D eigenvalue weighted by Gasteiger charge is -2.29. The van der Waals surface area contributed by atoms with Crippen LogP contribution in [-0.2, 0) is 13.8 Å². The van der Waals surface area contributed by atoms with Gasteiger partial charge < -0.3 is 9.64 Å². The Kier molecular flexibility index (Phi) is 3.32. The van der Waals surface area contributed by atoms with Crippen LogP contribution in [0.3, 0.4) is 0 Å². The zero-order chi connectivity index (χ0) is 11.6. The number of hydrogen-bond acceptors (Lipinski definition) is 5. The predicted octanol–water partition coefficient (Wildman–Crippen LogP) is 0.846. The van der Waals surface area contributed by atoms with Crippen LogP contribution in [0, 0.1) is 0 Å². The van der Waals surface area contributed by atoms with Crippen LogP contribution in [0.2, 0.25) is 0 Å². The highest BCUT2D eigenvalue weighted by Gasteiger charge is 2.21. The molecule has 2 rings (SSSR count). The summed E-state index contributed by atoms with van der Waals surface area (Å²) in [7, 11) is 1.60. The molecule has 0 spiro atoms. The molecule has 88 valence electrons. The Balaban J connectivity index is 2.40. The molecule has 1 aliphatic heterocycles. The first kappa shape index (κ1) is 11.6. The van der Waals surface area contributed by atoms with Crippen molar-refractivity contribution >= 4 is 25.4 Å². The second-order valence-corrected chi connectivity index (χ2v) is 5.92. The van der Waals surface area contributed by atoms with Crippen LogP contribution in [0.25, 0.3) is 0 Å². The molecular weight excluding hydrogens is 252 g/mol. The van der Waals surface area contributed by atoms with E-state index in [1.807, 2.05) is 4.90 Å². The highest BCUT2D eigenvalue weighted by molar-refractivity contribution is 8.13. The molecule has 0 aliphatic carbocycles. The highest BCUT2D eigenvalue weighted by atomic mass is 35.7. The minimum atomic E-state index is -3.76. The normalized spacial score (nSPS) is 17.4. The standard InChI is InChI=1S/C9H11ClN2O3S/c10-16(13,14)9-7-11-2-1-8(9)12-3-5-15-6-4-12/h1-2,7H,3-6H2. The maximum atomic E-state index is 11.4. The number of anilines is 1. The van der Waals surface area contributed by atoms with Gasteiger partial charge in [-0.05, 0) is 6.07 Å². The lowest BCUT2D eigenvalue weighted by Crippen LogP contribution is -2.36. The molecular formula is C9H11ClN2O3S. The quantitative estimate of drug-likeness (QED) is 0.740. The van der Waals surface area contributed by atoms with Crippen LogP contribution in [-0.4, -0.2) is 39.7 Å². The van der Waals surface area contributed by atoms with E-state index in [4.69, 9.17) is 15.4 Å². The fraction of sp³-hybridized carbons (Fsp3) is 0.444. The first-order valence-corrected chi connectivity index (χ1v) is 7.11. The third-order valence-electron chi connectivity index (χ3n) is 2.38. The summed E-state index contributed by atoms with van der Waals surface area (Å²) < 4.78 is 27.9. The second-order valence-electron chi connectivity index (χ2n) is 3.38. The van der Waals surface area contributed by atoms with E-state index in [0.29, 0.717) is 32.0 Å². The number of hydrogen-bond donors (Lipinski definition) is 0. The van der Waals surface area contributed by atoms with E-state index in [1.54, 1.807) is 12.3 Å². The molecule has 0 amide bonds. The Morgan fingerprint density at radius 3 is 2.69 bits per heavy atom. The SMILES string of the molecule is O=S(=O)(Cl)c1cnccc1N1CCOCC1. The van der Waals surface area contributed by atoms with Gasteiger partial charge in [0.2, 0.25) is 0 Å². The average molecular weight is 263 g/mol. The molecule has 0 radical (unpaired) electrons. The minimum absolute atomic E-state index is 0.0542. The Labute approximate surface area is 98.4 Å². The van der Waals surface area contributed by atoms with Gasteiger partial charge in [0, 0.05) is 36.2 Å². The van der Waals surface area contributed by atoms with Crippen molar-refractivity contribution in [1.29, 1.82) is 0 Å². The number of nitrogens with zero attached hydrogens (tertiary/aromatic N) is 2. The molecule has 1 aromatic rings. The third kappa shape index (κ3) is 2.45. The van der Waals surface area contributed by atoms with Gasteiger partial charge >= 0.3 is 0 Å². The van der Waals surface area contributed by atoms with Crippen LogP contribution < -0.4 is 4.90 Å². The molecule has 0 bridgehead atoms. The fourth-order valence-electron chi connectivity index (χ4n) is 1.63. The summed E-state index contributed by atoms with van der Waals surface area (Å²) in [6.45, 7) is 2.49. The summed E-state index contributed by atoms with van der Waals surface area (Å²) in [4.78, 5) is 5.77. The zero-order valence-electron chi connectivity index (χ0n) is 8.47. The molecule has 1 aliphatic rings. The molecule has 5 nitrogen and oxygen atoms in total. The smallest absolute Gasteiger partial charge is 0.264 e. The molecule has 0 atom stereocenters. The topological polar surface area (TPSA) is 59.5 Å². The van der Waals surface area contributed by atoms with Gasteiger partial charge in [0.15, 0.2) is 0 Å². The van der Waals surface area contributed by atoms with E-state index >= 15 is 0 Å². The molecule has 0 aromatic carbocycles. The number of aromatic nitrogens is 1. The number of pyridine rings is 1. The van der Waals surface area contributed by atoms with Gasteiger partial charge in [0.25, 0.3) is 9.05 Å². The molecule has 0 N–H and O–H groups in total. The molecule has 1 fully saturated rings. The Morgan fingerprint density at radius 2 is 2.06 bits per heavy atom. The van der Waals surface area contributed by atoms with E-state index in [0.717, 1.165) is 0 Å². The largest absolute Gasteiger partial charge is 0.378 e. The van der Waals surface area contributed by atoms with Crippen LogP contribution >= 0.6 is 10.7 Å². The summed E-state index contributed by atoms with van der Waals surface area (Å²) in [6, 6.07) is 1.65. The van der Waals surface area contributed by atoms with Crippen molar-refractivity contribution in [3.8, 4) is 0 Å². The minimum Gasteiger partial charge on any atom is -0.378 e. The van der Waals surface area contributed by atoms with Gasteiger partial charge in [-0.3, -0.25) is 4.98 Å². The first-order valence-electron chi connectivity index (χ1n) is 4.80. The summed E-state index contributed by atoms with van der Waals surface area (Å²) in [6.07, 6.45) is 2.82. The molecule has 16 heavy (non-hydrogen) atoms. The first-order chi connectivity index (χ1) is 7.59. The number of rotatable bonds is 2. The van der Waals surface area contributed by atoms with E-state index in [2.05, 4.69) is 4.98 Å². The summed E-state index contributed by atoms with van der Waals surface area (Å²) in [5.74, 6) is 0. The number of halogens is 1. The van der Waals surface area contributed by atoms with Crippen LogP contribution in [0.5, 0.6) is 0 Å². The monoisotopic (exact) mass is 262 g/mol. The van der Waals surface area contributed by atoms with Gasteiger partial charge in [-0.25, -0.2) is 8.42 Å². The predicted molar refractivity (Wildman–Crippen MR) is 60.3 cm³/mol. The van der Waals surface area contributed by atoms with Gasteiger partial charge in [0.05, 0.1) is 18.9 Å². The molecule has 2 heterocycles. The summed E-state index contributed by atoms with van der Waals surface area (Å²) in [5.41, 5.74) is 0.591. The Morgan fingerprint density at radius 1 is 1.38 bits per heavy atom. The molecule has 0 unspecified atom stereocenters. The van der Waals surface area contributed by atoms with E-state index in [9.17, 15) is 8.42 Å². The van der Waals surface area contributed by atoms with E-state index in [-0.39, 0.29) is 4.90 Å². The Hall–Kier alpha value is -0.850. The second kappa shape index (κ2) is 4.57. The van der Waals surface area contributed by atoms with Crippen molar-refractivity contribution in [2.75, 3.05) is 31.2 Å². The van der Waals surface area contributed by atoms with Crippen LogP contribution in [0.4, 0.5) is 5.69 Å². The number of ether oxygens (including phenoxy) is 1. The van der Waals surface area contributed by atoms with Crippen molar-refractivity contribution < 1.29 is 13.2 Å². The van der Waals surface area contributed by atoms with Gasteiger partial charge in [0.1, 0.15) is 4.90 Å². The number of morpholine rings is 1. The maximum absolute atomic E-state index is 11.4. The highest BCUT2D eigenvalue weighted by Crippen LogP contribution is 2.27. The molecule has 7 heteroatoms. The van der Waals surface area contributed by atoms with Crippen LogP contribution in [0.1, 0.15) is 0 Å². The maximum Gasteiger partial charge on any atom is 0.264 e. The van der Waals surface area contributed by atoms with Gasteiger partial charge in [-0.2, -0.15) is 0 Å². The lowest BCUT2D eigenvalue weighted by molar-refractivity contribution is 0.122. The van der Waals surface area contributed by atoms with Crippen LogP contribution in [0.15, 0.2) is 23.4 Å². The van der Waals surface area contributed by atoms with E-state index in [1.165, 1.54) is 6.20 Å². The van der Waals surface area contributed by atoms with Crippen molar-refractivity contribution in [2.24, 2.45) is 0 Å². The lowest BCUT2D eigenvalue weighted by atomic mass is 10.3.